The van der Waals surface area contributed by atoms with Crippen molar-refractivity contribution in [1.82, 2.24) is 14.5 Å². The number of nitrogens with zero attached hydrogens (tertiary/aromatic N) is 3. The van der Waals surface area contributed by atoms with Crippen LogP contribution in [0.5, 0.6) is 0 Å². The van der Waals surface area contributed by atoms with Crippen LogP contribution in [0.4, 0.5) is 4.39 Å². The maximum atomic E-state index is 13.9. The standard InChI is InChI=1S/C17H20FN3O/c1-12-3-5-15(18)14(9-12)17(22)20(2)10-13-4-6-16-19-7-8-21(16)11-13/h3,5,7-9,13H,4,6,10-11H2,1-2H3/t13-/m0/s1. The summed E-state index contributed by atoms with van der Waals surface area (Å²) < 4.78 is 16.0. The molecule has 0 N–H and O–H groups in total. The zero-order valence-electron chi connectivity index (χ0n) is 12.9. The average molecular weight is 301 g/mol. The zero-order valence-corrected chi connectivity index (χ0v) is 12.9. The van der Waals surface area contributed by atoms with Crippen LogP contribution < -0.4 is 0 Å². The summed E-state index contributed by atoms with van der Waals surface area (Å²) in [6.45, 7) is 3.35. The fourth-order valence-corrected chi connectivity index (χ4v) is 3.06. The van der Waals surface area contributed by atoms with Gasteiger partial charge in [0.15, 0.2) is 0 Å². The Labute approximate surface area is 129 Å². The van der Waals surface area contributed by atoms with Gasteiger partial charge in [0.05, 0.1) is 5.56 Å². The number of benzene rings is 1. The van der Waals surface area contributed by atoms with Crippen molar-refractivity contribution >= 4 is 5.91 Å². The molecular weight excluding hydrogens is 281 g/mol. The van der Waals surface area contributed by atoms with Crippen molar-refractivity contribution < 1.29 is 9.18 Å². The predicted molar refractivity (Wildman–Crippen MR) is 82.1 cm³/mol. The summed E-state index contributed by atoms with van der Waals surface area (Å²) in [7, 11) is 1.74. The maximum absolute atomic E-state index is 13.9. The van der Waals surface area contributed by atoms with E-state index in [4.69, 9.17) is 0 Å². The van der Waals surface area contributed by atoms with Gasteiger partial charge in [0, 0.05) is 39.0 Å². The molecule has 2 heterocycles. The van der Waals surface area contributed by atoms with Gasteiger partial charge in [-0.05, 0) is 31.4 Å². The first kappa shape index (κ1) is 14.8. The summed E-state index contributed by atoms with van der Waals surface area (Å²) >= 11 is 0. The van der Waals surface area contributed by atoms with E-state index in [1.807, 2.05) is 19.3 Å². The molecule has 1 aliphatic heterocycles. The number of fused-ring (bicyclic) bond motifs is 1. The van der Waals surface area contributed by atoms with Gasteiger partial charge in [0.2, 0.25) is 0 Å². The molecular formula is C17H20FN3O. The molecule has 4 nitrogen and oxygen atoms in total. The molecule has 116 valence electrons. The van der Waals surface area contributed by atoms with Crippen molar-refractivity contribution in [2.45, 2.75) is 26.3 Å². The monoisotopic (exact) mass is 301 g/mol. The number of carbonyl (C=O) groups excluding carboxylic acids is 1. The maximum Gasteiger partial charge on any atom is 0.256 e. The van der Waals surface area contributed by atoms with E-state index in [0.717, 1.165) is 30.8 Å². The quantitative estimate of drug-likeness (QED) is 0.874. The highest BCUT2D eigenvalue weighted by atomic mass is 19.1. The van der Waals surface area contributed by atoms with Crippen molar-refractivity contribution in [1.29, 1.82) is 0 Å². The summed E-state index contributed by atoms with van der Waals surface area (Å²) in [5, 5.41) is 0. The van der Waals surface area contributed by atoms with Gasteiger partial charge < -0.3 is 9.47 Å². The second kappa shape index (κ2) is 5.91. The molecule has 0 saturated carbocycles. The lowest BCUT2D eigenvalue weighted by Gasteiger charge is -2.28. The number of aromatic nitrogens is 2. The molecule has 0 aliphatic carbocycles. The molecule has 0 saturated heterocycles. The lowest BCUT2D eigenvalue weighted by atomic mass is 9.98. The molecule has 0 bridgehead atoms. The Morgan fingerprint density at radius 2 is 2.32 bits per heavy atom. The first-order valence-corrected chi connectivity index (χ1v) is 7.56. The van der Waals surface area contributed by atoms with Crippen LogP contribution in [0.3, 0.4) is 0 Å². The number of hydrogen-bond acceptors (Lipinski definition) is 2. The number of imidazole rings is 1. The molecule has 2 aromatic rings. The second-order valence-electron chi connectivity index (χ2n) is 6.07. The number of halogens is 1. The Morgan fingerprint density at radius 1 is 1.50 bits per heavy atom. The van der Waals surface area contributed by atoms with Crippen LogP contribution in [0.15, 0.2) is 30.6 Å². The third-order valence-corrected chi connectivity index (χ3v) is 4.26. The van der Waals surface area contributed by atoms with Crippen LogP contribution in [-0.2, 0) is 13.0 Å². The molecule has 1 atom stereocenters. The Bertz CT molecular complexity index is 695. The molecule has 0 radical (unpaired) electrons. The molecule has 1 aliphatic rings. The summed E-state index contributed by atoms with van der Waals surface area (Å²) in [6.07, 6.45) is 5.72. The lowest BCUT2D eigenvalue weighted by molar-refractivity contribution is 0.0756. The lowest BCUT2D eigenvalue weighted by Crippen LogP contribution is -2.35. The van der Waals surface area contributed by atoms with Crippen molar-refractivity contribution in [3.63, 3.8) is 0 Å². The fourth-order valence-electron chi connectivity index (χ4n) is 3.06. The minimum Gasteiger partial charge on any atom is -0.341 e. The summed E-state index contributed by atoms with van der Waals surface area (Å²) in [6, 6.07) is 4.64. The Hall–Kier alpha value is -2.17. The number of carbonyl (C=O) groups is 1. The molecule has 1 amide bonds. The number of hydrogen-bond donors (Lipinski definition) is 0. The van der Waals surface area contributed by atoms with Crippen LogP contribution in [0, 0.1) is 18.7 Å². The molecule has 0 fully saturated rings. The number of aryl methyl sites for hydroxylation is 2. The summed E-state index contributed by atoms with van der Waals surface area (Å²) in [4.78, 5) is 18.4. The number of amides is 1. The largest absolute Gasteiger partial charge is 0.341 e. The van der Waals surface area contributed by atoms with Crippen LogP contribution in [0.25, 0.3) is 0 Å². The first-order valence-electron chi connectivity index (χ1n) is 7.56. The zero-order chi connectivity index (χ0) is 15.7. The van der Waals surface area contributed by atoms with Crippen LogP contribution in [-0.4, -0.2) is 34.0 Å². The Balaban J connectivity index is 1.68. The minimum atomic E-state index is -0.456. The van der Waals surface area contributed by atoms with E-state index in [2.05, 4.69) is 9.55 Å². The normalized spacial score (nSPS) is 17.1. The molecule has 22 heavy (non-hydrogen) atoms. The van der Waals surface area contributed by atoms with E-state index < -0.39 is 5.82 Å². The predicted octanol–water partition coefficient (Wildman–Crippen LogP) is 2.67. The van der Waals surface area contributed by atoms with Gasteiger partial charge in [-0.25, -0.2) is 9.37 Å². The molecule has 0 unspecified atom stereocenters. The summed E-state index contributed by atoms with van der Waals surface area (Å²) in [5.74, 6) is 0.777. The average Bonchev–Trinajstić information content (AvgIpc) is 2.96. The highest BCUT2D eigenvalue weighted by Crippen LogP contribution is 2.20. The second-order valence-corrected chi connectivity index (χ2v) is 6.07. The van der Waals surface area contributed by atoms with Gasteiger partial charge in [-0.2, -0.15) is 0 Å². The topological polar surface area (TPSA) is 38.1 Å². The van der Waals surface area contributed by atoms with Crippen molar-refractivity contribution in [3.05, 3.63) is 53.4 Å². The Kier molecular flexibility index (Phi) is 3.96. The van der Waals surface area contributed by atoms with E-state index in [1.165, 1.54) is 6.07 Å². The van der Waals surface area contributed by atoms with Crippen LogP contribution in [0.1, 0.15) is 28.2 Å². The third-order valence-electron chi connectivity index (χ3n) is 4.26. The summed E-state index contributed by atoms with van der Waals surface area (Å²) in [5.41, 5.74) is 1.04. The van der Waals surface area contributed by atoms with E-state index in [9.17, 15) is 9.18 Å². The van der Waals surface area contributed by atoms with Gasteiger partial charge in [-0.15, -0.1) is 0 Å². The molecule has 1 aromatic carbocycles. The van der Waals surface area contributed by atoms with Gasteiger partial charge >= 0.3 is 0 Å². The van der Waals surface area contributed by atoms with E-state index >= 15 is 0 Å². The van der Waals surface area contributed by atoms with Crippen molar-refractivity contribution in [3.8, 4) is 0 Å². The molecule has 0 spiro atoms. The van der Waals surface area contributed by atoms with Crippen molar-refractivity contribution in [2.75, 3.05) is 13.6 Å². The highest BCUT2D eigenvalue weighted by molar-refractivity contribution is 5.94. The van der Waals surface area contributed by atoms with Gasteiger partial charge in [0.1, 0.15) is 11.6 Å². The molecule has 3 rings (SSSR count). The van der Waals surface area contributed by atoms with E-state index in [1.54, 1.807) is 24.1 Å². The Morgan fingerprint density at radius 3 is 3.14 bits per heavy atom. The van der Waals surface area contributed by atoms with Gasteiger partial charge in [-0.3, -0.25) is 4.79 Å². The van der Waals surface area contributed by atoms with Gasteiger partial charge in [0.25, 0.3) is 5.91 Å². The fraction of sp³-hybridized carbons (Fsp3) is 0.412. The smallest absolute Gasteiger partial charge is 0.256 e. The molecule has 1 aromatic heterocycles. The van der Waals surface area contributed by atoms with E-state index in [-0.39, 0.29) is 11.5 Å². The molecule has 5 heteroatoms. The number of rotatable bonds is 3. The van der Waals surface area contributed by atoms with Crippen molar-refractivity contribution in [2.24, 2.45) is 5.92 Å². The van der Waals surface area contributed by atoms with Crippen LogP contribution >= 0.6 is 0 Å². The van der Waals surface area contributed by atoms with E-state index in [0.29, 0.717) is 12.5 Å². The first-order chi connectivity index (χ1) is 10.5. The van der Waals surface area contributed by atoms with Gasteiger partial charge in [-0.1, -0.05) is 11.6 Å². The highest BCUT2D eigenvalue weighted by Gasteiger charge is 2.23. The third kappa shape index (κ3) is 2.89. The minimum absolute atomic E-state index is 0.154. The van der Waals surface area contributed by atoms with Crippen LogP contribution in [0.2, 0.25) is 0 Å². The SMILES string of the molecule is Cc1ccc(F)c(C(=O)N(C)C[C@@H]2CCc3nccn3C2)c1.